The van der Waals surface area contributed by atoms with Crippen molar-refractivity contribution < 1.29 is 9.66 Å². The smallest absolute Gasteiger partial charge is 0.316 e. The summed E-state index contributed by atoms with van der Waals surface area (Å²) in [6.45, 7) is 5.35. The van der Waals surface area contributed by atoms with Gasteiger partial charge >= 0.3 is 5.69 Å². The number of anilines is 1. The van der Waals surface area contributed by atoms with E-state index in [0.29, 0.717) is 11.3 Å². The molecule has 21 heavy (non-hydrogen) atoms. The fourth-order valence-corrected chi connectivity index (χ4v) is 2.00. The summed E-state index contributed by atoms with van der Waals surface area (Å²) in [7, 11) is 0. The first-order valence-electron chi connectivity index (χ1n) is 6.44. The van der Waals surface area contributed by atoms with Crippen molar-refractivity contribution in [1.29, 1.82) is 0 Å². The molecule has 0 fully saturated rings. The maximum Gasteiger partial charge on any atom is 0.316 e. The molecule has 110 valence electrons. The van der Waals surface area contributed by atoms with Gasteiger partial charge in [0.05, 0.1) is 11.0 Å². The van der Waals surface area contributed by atoms with Crippen LogP contribution < -0.4 is 10.5 Å². The van der Waals surface area contributed by atoms with E-state index >= 15 is 0 Å². The molecule has 0 atom stereocenters. The monoisotopic (exact) mass is 288 g/mol. The first-order valence-corrected chi connectivity index (χ1v) is 6.44. The minimum atomic E-state index is -0.500. The average molecular weight is 288 g/mol. The van der Waals surface area contributed by atoms with Crippen LogP contribution in [0.1, 0.15) is 19.5 Å². The lowest BCUT2D eigenvalue weighted by molar-refractivity contribution is -0.385. The minimum absolute atomic E-state index is 0.00304. The minimum Gasteiger partial charge on any atom is -0.491 e. The fraction of sp³-hybridized carbons (Fsp3) is 0.286. The van der Waals surface area contributed by atoms with Crippen LogP contribution in [-0.2, 0) is 0 Å². The van der Waals surface area contributed by atoms with E-state index in [-0.39, 0.29) is 29.1 Å². The van der Waals surface area contributed by atoms with Gasteiger partial charge in [0.25, 0.3) is 0 Å². The Kier molecular flexibility index (Phi) is 4.02. The SMILES string of the molecule is Cc1nc(N)nc(-c2cccc(OC(C)C)c2)c1[N+](=O)[O-]. The van der Waals surface area contributed by atoms with E-state index in [9.17, 15) is 10.1 Å². The van der Waals surface area contributed by atoms with Crippen LogP contribution in [0.4, 0.5) is 11.6 Å². The molecule has 2 aromatic rings. The number of benzene rings is 1. The Morgan fingerprint density at radius 1 is 1.33 bits per heavy atom. The fourth-order valence-electron chi connectivity index (χ4n) is 2.00. The second-order valence-electron chi connectivity index (χ2n) is 4.82. The van der Waals surface area contributed by atoms with Crippen LogP contribution in [0, 0.1) is 17.0 Å². The van der Waals surface area contributed by atoms with Gasteiger partial charge in [-0.05, 0) is 32.9 Å². The largest absolute Gasteiger partial charge is 0.491 e. The Morgan fingerprint density at radius 3 is 2.67 bits per heavy atom. The lowest BCUT2D eigenvalue weighted by Crippen LogP contribution is -2.06. The third kappa shape index (κ3) is 3.25. The maximum absolute atomic E-state index is 11.2. The van der Waals surface area contributed by atoms with Crippen LogP contribution >= 0.6 is 0 Å². The molecule has 1 heterocycles. The van der Waals surface area contributed by atoms with Crippen molar-refractivity contribution in [2.24, 2.45) is 0 Å². The van der Waals surface area contributed by atoms with Gasteiger partial charge in [0.15, 0.2) is 5.69 Å². The number of rotatable bonds is 4. The summed E-state index contributed by atoms with van der Waals surface area (Å²) in [5, 5.41) is 11.2. The van der Waals surface area contributed by atoms with Crippen LogP contribution in [0.2, 0.25) is 0 Å². The summed E-state index contributed by atoms with van der Waals surface area (Å²) in [6, 6.07) is 6.97. The van der Waals surface area contributed by atoms with Gasteiger partial charge in [0.1, 0.15) is 11.4 Å². The number of hydrogen-bond acceptors (Lipinski definition) is 6. The Hall–Kier alpha value is -2.70. The van der Waals surface area contributed by atoms with E-state index < -0.39 is 4.92 Å². The molecule has 0 amide bonds. The third-order valence-corrected chi connectivity index (χ3v) is 2.74. The molecular formula is C14H16N4O3. The van der Waals surface area contributed by atoms with E-state index in [1.165, 1.54) is 6.92 Å². The number of nitrogens with zero attached hydrogens (tertiary/aromatic N) is 3. The summed E-state index contributed by atoms with van der Waals surface area (Å²) < 4.78 is 5.59. The highest BCUT2D eigenvalue weighted by Gasteiger charge is 2.23. The zero-order valence-electron chi connectivity index (χ0n) is 12.0. The molecule has 0 saturated carbocycles. The number of aromatic nitrogens is 2. The summed E-state index contributed by atoms with van der Waals surface area (Å²) in [6.07, 6.45) is 0.00689. The predicted molar refractivity (Wildman–Crippen MR) is 79.0 cm³/mol. The van der Waals surface area contributed by atoms with Gasteiger partial charge in [-0.2, -0.15) is 0 Å². The Bertz CT molecular complexity index is 686. The topological polar surface area (TPSA) is 104 Å². The summed E-state index contributed by atoms with van der Waals surface area (Å²) >= 11 is 0. The molecule has 2 rings (SSSR count). The van der Waals surface area contributed by atoms with Crippen LogP contribution in [-0.4, -0.2) is 21.0 Å². The highest BCUT2D eigenvalue weighted by molar-refractivity contribution is 5.72. The number of ether oxygens (including phenoxy) is 1. The van der Waals surface area contributed by atoms with Gasteiger partial charge < -0.3 is 10.5 Å². The Morgan fingerprint density at radius 2 is 2.05 bits per heavy atom. The molecule has 0 aliphatic rings. The molecule has 0 saturated heterocycles. The standard InChI is InChI=1S/C14H16N4O3/c1-8(2)21-11-6-4-5-10(7-11)12-13(18(19)20)9(3)16-14(15)17-12/h4-8H,1-3H3,(H2,15,16,17). The van der Waals surface area contributed by atoms with E-state index in [4.69, 9.17) is 10.5 Å². The Balaban J connectivity index is 2.58. The zero-order chi connectivity index (χ0) is 15.6. The zero-order valence-corrected chi connectivity index (χ0v) is 12.0. The van der Waals surface area contributed by atoms with E-state index in [0.717, 1.165) is 0 Å². The summed E-state index contributed by atoms with van der Waals surface area (Å²) in [5.41, 5.74) is 6.46. The van der Waals surface area contributed by atoms with Crippen molar-refractivity contribution >= 4 is 11.6 Å². The lowest BCUT2D eigenvalue weighted by Gasteiger charge is -2.11. The van der Waals surface area contributed by atoms with Gasteiger partial charge in [-0.15, -0.1) is 0 Å². The molecule has 0 aliphatic carbocycles. The quantitative estimate of drug-likeness (QED) is 0.685. The summed E-state index contributed by atoms with van der Waals surface area (Å²) in [4.78, 5) is 18.6. The molecule has 2 N–H and O–H groups in total. The van der Waals surface area contributed by atoms with E-state index in [1.807, 2.05) is 13.8 Å². The second-order valence-corrected chi connectivity index (χ2v) is 4.82. The van der Waals surface area contributed by atoms with Crippen LogP contribution in [0.5, 0.6) is 5.75 Å². The van der Waals surface area contributed by atoms with Gasteiger partial charge in [-0.3, -0.25) is 10.1 Å². The van der Waals surface area contributed by atoms with Gasteiger partial charge in [-0.1, -0.05) is 12.1 Å². The summed E-state index contributed by atoms with van der Waals surface area (Å²) in [5.74, 6) is 0.620. The first-order chi connectivity index (χ1) is 9.88. The van der Waals surface area contributed by atoms with Crippen LogP contribution in [0.25, 0.3) is 11.3 Å². The first kappa shape index (κ1) is 14.7. The molecule has 1 aromatic heterocycles. The normalized spacial score (nSPS) is 10.7. The highest BCUT2D eigenvalue weighted by Crippen LogP contribution is 2.32. The Labute approximate surface area is 121 Å². The molecule has 0 aliphatic heterocycles. The molecule has 0 spiro atoms. The number of nitro groups is 1. The number of aryl methyl sites for hydroxylation is 1. The number of nitrogens with two attached hydrogens (primary N) is 1. The van der Waals surface area contributed by atoms with Crippen molar-refractivity contribution in [3.63, 3.8) is 0 Å². The van der Waals surface area contributed by atoms with Crippen LogP contribution in [0.3, 0.4) is 0 Å². The van der Waals surface area contributed by atoms with E-state index in [1.54, 1.807) is 24.3 Å². The van der Waals surface area contributed by atoms with Crippen molar-refractivity contribution in [2.75, 3.05) is 5.73 Å². The van der Waals surface area contributed by atoms with Gasteiger partial charge in [-0.25, -0.2) is 9.97 Å². The van der Waals surface area contributed by atoms with Crippen molar-refractivity contribution in [2.45, 2.75) is 26.9 Å². The predicted octanol–water partition coefficient (Wildman–Crippen LogP) is 2.73. The van der Waals surface area contributed by atoms with Crippen molar-refractivity contribution in [3.8, 4) is 17.0 Å². The second kappa shape index (κ2) is 5.74. The molecule has 1 aromatic carbocycles. The van der Waals surface area contributed by atoms with Crippen molar-refractivity contribution in [1.82, 2.24) is 9.97 Å². The molecule has 7 heteroatoms. The maximum atomic E-state index is 11.2. The average Bonchev–Trinajstić information content (AvgIpc) is 2.36. The van der Waals surface area contributed by atoms with Crippen molar-refractivity contribution in [3.05, 3.63) is 40.1 Å². The van der Waals surface area contributed by atoms with E-state index in [2.05, 4.69) is 9.97 Å². The lowest BCUT2D eigenvalue weighted by atomic mass is 10.1. The highest BCUT2D eigenvalue weighted by atomic mass is 16.6. The molecule has 0 radical (unpaired) electrons. The molecule has 0 bridgehead atoms. The van der Waals surface area contributed by atoms with Gasteiger partial charge in [0, 0.05) is 5.56 Å². The number of nitrogen functional groups attached to an aromatic ring is 1. The molecular weight excluding hydrogens is 272 g/mol. The van der Waals surface area contributed by atoms with Crippen LogP contribution in [0.15, 0.2) is 24.3 Å². The number of hydrogen-bond donors (Lipinski definition) is 1. The molecule has 0 unspecified atom stereocenters. The van der Waals surface area contributed by atoms with Gasteiger partial charge in [0.2, 0.25) is 5.95 Å². The molecule has 7 nitrogen and oxygen atoms in total. The third-order valence-electron chi connectivity index (χ3n) is 2.74.